The summed E-state index contributed by atoms with van der Waals surface area (Å²) in [6.07, 6.45) is 0. The lowest BCUT2D eigenvalue weighted by atomic mass is 9.63. The van der Waals surface area contributed by atoms with Gasteiger partial charge in [0.1, 0.15) is 0 Å². The van der Waals surface area contributed by atoms with Gasteiger partial charge in [-0.2, -0.15) is 0 Å². The van der Waals surface area contributed by atoms with E-state index in [4.69, 9.17) is 0 Å². The molecule has 130 valence electrons. The number of hydrogen-bond donors (Lipinski definition) is 0. The summed E-state index contributed by atoms with van der Waals surface area (Å²) in [5.74, 6) is 0. The lowest BCUT2D eigenvalue weighted by Gasteiger charge is -2.38. The highest BCUT2D eigenvalue weighted by Crippen LogP contribution is 2.48. The first-order valence-corrected chi connectivity index (χ1v) is 9.25. The third-order valence-electron chi connectivity index (χ3n) is 5.20. The van der Waals surface area contributed by atoms with Crippen molar-refractivity contribution in [3.8, 4) is 0 Å². The zero-order valence-corrected chi connectivity index (χ0v) is 15.3. The van der Waals surface area contributed by atoms with Crippen LogP contribution in [0.15, 0.2) is 128 Å². The van der Waals surface area contributed by atoms with Crippen LogP contribution in [-0.4, -0.2) is 0 Å². The van der Waals surface area contributed by atoms with E-state index in [1.807, 2.05) is 6.07 Å². The molecule has 0 saturated heterocycles. The fourth-order valence-electron chi connectivity index (χ4n) is 3.94. The molecule has 4 rings (SSSR count). The second kappa shape index (κ2) is 7.47. The summed E-state index contributed by atoms with van der Waals surface area (Å²) in [6.45, 7) is 4.63. The van der Waals surface area contributed by atoms with Crippen LogP contribution >= 0.6 is 0 Å². The topological polar surface area (TPSA) is 0 Å². The van der Waals surface area contributed by atoms with Gasteiger partial charge in [-0.15, -0.1) is 0 Å². The monoisotopic (exact) mass is 346 g/mol. The summed E-state index contributed by atoms with van der Waals surface area (Å²) in [7, 11) is 0. The van der Waals surface area contributed by atoms with Crippen LogP contribution in [0.1, 0.15) is 22.3 Å². The van der Waals surface area contributed by atoms with Gasteiger partial charge < -0.3 is 0 Å². The van der Waals surface area contributed by atoms with Crippen LogP contribution in [0.3, 0.4) is 0 Å². The van der Waals surface area contributed by atoms with Crippen LogP contribution < -0.4 is 0 Å². The highest BCUT2D eigenvalue weighted by Gasteiger charge is 2.39. The van der Waals surface area contributed by atoms with Crippen molar-refractivity contribution in [1.82, 2.24) is 0 Å². The Balaban J connectivity index is 2.08. The number of hydrogen-bond acceptors (Lipinski definition) is 0. The Labute approximate surface area is 161 Å². The fourth-order valence-corrected chi connectivity index (χ4v) is 3.94. The van der Waals surface area contributed by atoms with Crippen molar-refractivity contribution in [3.63, 3.8) is 0 Å². The van der Waals surface area contributed by atoms with E-state index in [-0.39, 0.29) is 0 Å². The van der Waals surface area contributed by atoms with Crippen LogP contribution in [0.25, 0.3) is 5.57 Å². The minimum Gasteiger partial charge on any atom is -0.0936 e. The van der Waals surface area contributed by atoms with Crippen molar-refractivity contribution in [2.24, 2.45) is 0 Å². The highest BCUT2D eigenvalue weighted by atomic mass is 14.4. The summed E-state index contributed by atoms with van der Waals surface area (Å²) in [4.78, 5) is 0. The summed E-state index contributed by atoms with van der Waals surface area (Å²) < 4.78 is 0. The lowest BCUT2D eigenvalue weighted by Crippen LogP contribution is -2.30. The van der Waals surface area contributed by atoms with Crippen LogP contribution in [0.4, 0.5) is 0 Å². The van der Waals surface area contributed by atoms with Gasteiger partial charge in [0.2, 0.25) is 0 Å². The van der Waals surface area contributed by atoms with Crippen molar-refractivity contribution in [1.29, 1.82) is 0 Å². The molecule has 0 radical (unpaired) electrons. The average Bonchev–Trinajstić information content (AvgIpc) is 2.77. The van der Waals surface area contributed by atoms with E-state index in [0.29, 0.717) is 0 Å². The molecule has 0 unspecified atom stereocenters. The van der Waals surface area contributed by atoms with E-state index < -0.39 is 5.41 Å². The Morgan fingerprint density at radius 2 is 0.741 bits per heavy atom. The van der Waals surface area contributed by atoms with E-state index >= 15 is 0 Å². The summed E-state index contributed by atoms with van der Waals surface area (Å²) in [6, 6.07) is 42.5. The van der Waals surface area contributed by atoms with Gasteiger partial charge >= 0.3 is 0 Å². The largest absolute Gasteiger partial charge is 0.0936 e. The quantitative estimate of drug-likeness (QED) is 0.351. The van der Waals surface area contributed by atoms with Gasteiger partial charge in [-0.25, -0.2) is 0 Å². The van der Waals surface area contributed by atoms with E-state index in [0.717, 1.165) is 11.1 Å². The maximum absolute atomic E-state index is 4.63. The molecule has 0 amide bonds. The number of allylic oxidation sites excluding steroid dienone is 1. The Kier molecular flexibility index (Phi) is 4.72. The summed E-state index contributed by atoms with van der Waals surface area (Å²) in [5.41, 5.74) is 5.43. The zero-order valence-electron chi connectivity index (χ0n) is 15.3. The molecule has 0 saturated carbocycles. The molecule has 27 heavy (non-hydrogen) atoms. The van der Waals surface area contributed by atoms with E-state index in [2.05, 4.69) is 122 Å². The van der Waals surface area contributed by atoms with Crippen molar-refractivity contribution in [2.75, 3.05) is 0 Å². The SMILES string of the molecule is C=C(c1ccccc1)C(c1ccccc1)(c1ccccc1)c1ccccc1. The highest BCUT2D eigenvalue weighted by molar-refractivity contribution is 5.82. The van der Waals surface area contributed by atoms with Crippen LogP contribution in [-0.2, 0) is 5.41 Å². The van der Waals surface area contributed by atoms with Gasteiger partial charge in [0.15, 0.2) is 0 Å². The van der Waals surface area contributed by atoms with Gasteiger partial charge in [-0.05, 0) is 27.8 Å². The third kappa shape index (κ3) is 3.00. The predicted molar refractivity (Wildman–Crippen MR) is 115 cm³/mol. The van der Waals surface area contributed by atoms with Crippen molar-refractivity contribution in [3.05, 3.63) is 150 Å². The van der Waals surface area contributed by atoms with Crippen molar-refractivity contribution >= 4 is 5.57 Å². The minimum absolute atomic E-state index is 0.453. The lowest BCUT2D eigenvalue weighted by molar-refractivity contribution is 0.802. The maximum atomic E-state index is 4.63. The summed E-state index contributed by atoms with van der Waals surface area (Å²) in [5, 5.41) is 0. The molecule has 0 aliphatic carbocycles. The Morgan fingerprint density at radius 1 is 0.444 bits per heavy atom. The Morgan fingerprint density at radius 3 is 1.07 bits per heavy atom. The first-order valence-electron chi connectivity index (χ1n) is 9.25. The molecule has 0 fully saturated rings. The van der Waals surface area contributed by atoms with E-state index in [1.165, 1.54) is 16.7 Å². The van der Waals surface area contributed by atoms with Crippen molar-refractivity contribution < 1.29 is 0 Å². The van der Waals surface area contributed by atoms with Gasteiger partial charge in [0, 0.05) is 0 Å². The second-order valence-electron chi connectivity index (χ2n) is 6.69. The smallest absolute Gasteiger partial charge is 0.0701 e. The minimum atomic E-state index is -0.453. The van der Waals surface area contributed by atoms with Gasteiger partial charge in [0.25, 0.3) is 0 Å². The number of benzene rings is 4. The molecule has 0 N–H and O–H groups in total. The molecule has 0 heterocycles. The molecule has 0 aromatic heterocycles. The molecule has 0 atom stereocenters. The zero-order chi connectivity index (χ0) is 18.5. The van der Waals surface area contributed by atoms with Crippen LogP contribution in [0.2, 0.25) is 0 Å². The summed E-state index contributed by atoms with van der Waals surface area (Å²) >= 11 is 0. The first kappa shape index (κ1) is 17.1. The van der Waals surface area contributed by atoms with E-state index in [9.17, 15) is 0 Å². The Bertz CT molecular complexity index is 904. The van der Waals surface area contributed by atoms with Gasteiger partial charge in [0.05, 0.1) is 5.41 Å². The van der Waals surface area contributed by atoms with Crippen molar-refractivity contribution in [2.45, 2.75) is 5.41 Å². The van der Waals surface area contributed by atoms with E-state index in [1.54, 1.807) is 0 Å². The van der Waals surface area contributed by atoms with Crippen LogP contribution in [0, 0.1) is 0 Å². The normalized spacial score (nSPS) is 11.1. The standard InChI is InChI=1S/C27H22/c1-22(23-14-6-2-7-15-23)27(24-16-8-3-9-17-24,25-18-10-4-11-19-25)26-20-12-5-13-21-26/h2-21H,1H2. The third-order valence-corrected chi connectivity index (χ3v) is 5.20. The molecule has 0 heteroatoms. The Hall–Kier alpha value is -3.38. The predicted octanol–water partition coefficient (Wildman–Crippen LogP) is 6.73. The fraction of sp³-hybridized carbons (Fsp3) is 0.0370. The van der Waals surface area contributed by atoms with Crippen LogP contribution in [0.5, 0.6) is 0 Å². The van der Waals surface area contributed by atoms with Gasteiger partial charge in [-0.3, -0.25) is 0 Å². The molecular weight excluding hydrogens is 324 g/mol. The number of rotatable bonds is 5. The molecule has 0 aliphatic heterocycles. The molecule has 0 aliphatic rings. The molecule has 4 aromatic carbocycles. The molecule has 0 nitrogen and oxygen atoms in total. The molecule has 0 spiro atoms. The molecular formula is C27H22. The second-order valence-corrected chi connectivity index (χ2v) is 6.69. The maximum Gasteiger partial charge on any atom is 0.0701 e. The average molecular weight is 346 g/mol. The molecule has 0 bridgehead atoms. The van der Waals surface area contributed by atoms with Gasteiger partial charge in [-0.1, -0.05) is 128 Å². The first-order chi connectivity index (χ1) is 13.3. The molecule has 4 aromatic rings.